The predicted molar refractivity (Wildman–Crippen MR) is 136 cm³/mol. The van der Waals surface area contributed by atoms with Crippen LogP contribution in [-0.2, 0) is 18.8 Å². The first-order valence-corrected chi connectivity index (χ1v) is 12.7. The lowest BCUT2D eigenvalue weighted by molar-refractivity contribution is -0.136. The topological polar surface area (TPSA) is 112 Å². The molecule has 0 radical (unpaired) electrons. The first-order valence-electron chi connectivity index (χ1n) is 12.7. The second kappa shape index (κ2) is 10.5. The quantitative estimate of drug-likeness (QED) is 0.565. The zero-order chi connectivity index (χ0) is 26.9. The summed E-state index contributed by atoms with van der Waals surface area (Å²) in [4.78, 5) is 36.1. The summed E-state index contributed by atoms with van der Waals surface area (Å²) >= 11 is 0. The number of carbonyl (C=O) groups excluding carboxylic acids is 2. The highest BCUT2D eigenvalue weighted by molar-refractivity contribution is 6.61. The second-order valence-electron chi connectivity index (χ2n) is 11.9. The number of carbonyl (C=O) groups is 2. The van der Waals surface area contributed by atoms with E-state index < -0.39 is 36.1 Å². The molecule has 1 aromatic rings. The van der Waals surface area contributed by atoms with Crippen molar-refractivity contribution in [2.45, 2.75) is 104 Å². The van der Waals surface area contributed by atoms with E-state index in [9.17, 15) is 9.59 Å². The number of nitrogens with zero attached hydrogens (tertiary/aromatic N) is 3. The molecule has 200 valence electrons. The Hall–Kier alpha value is -2.40. The smallest absolute Gasteiger partial charge is 0.461 e. The fourth-order valence-electron chi connectivity index (χ4n) is 4.10. The molecular formula is C25H41BN4O6. The van der Waals surface area contributed by atoms with Crippen LogP contribution < -0.4 is 15.5 Å². The monoisotopic (exact) mass is 504 g/mol. The molecule has 2 aliphatic heterocycles. The average molecular weight is 504 g/mol. The highest BCUT2D eigenvalue weighted by Crippen LogP contribution is 2.36. The molecule has 1 aromatic heterocycles. The molecule has 1 N–H and O–H groups in total. The van der Waals surface area contributed by atoms with Gasteiger partial charge in [-0.25, -0.2) is 14.8 Å². The summed E-state index contributed by atoms with van der Waals surface area (Å²) in [5, 5.41) is 2.75. The molecule has 2 amide bonds. The van der Waals surface area contributed by atoms with E-state index in [4.69, 9.17) is 18.8 Å². The van der Waals surface area contributed by atoms with Crippen LogP contribution in [0.3, 0.4) is 0 Å². The molecule has 0 spiro atoms. The van der Waals surface area contributed by atoms with Crippen molar-refractivity contribution < 1.29 is 28.4 Å². The van der Waals surface area contributed by atoms with E-state index >= 15 is 0 Å². The Morgan fingerprint density at radius 2 is 1.75 bits per heavy atom. The maximum atomic E-state index is 13.3. The fraction of sp³-hybridized carbons (Fsp3) is 0.760. The molecule has 0 saturated carbocycles. The Bertz CT molecular complexity index is 915. The van der Waals surface area contributed by atoms with Gasteiger partial charge in [0, 0.05) is 24.4 Å². The molecule has 0 unspecified atom stereocenters. The van der Waals surface area contributed by atoms with Crippen LogP contribution in [0, 0.1) is 5.92 Å². The van der Waals surface area contributed by atoms with E-state index in [-0.39, 0.29) is 30.5 Å². The molecule has 10 nitrogen and oxygen atoms in total. The largest absolute Gasteiger partial charge is 0.498 e. The molecule has 11 heteroatoms. The minimum atomic E-state index is -0.684. The van der Waals surface area contributed by atoms with Gasteiger partial charge in [-0.1, -0.05) is 13.8 Å². The van der Waals surface area contributed by atoms with Gasteiger partial charge in [0.25, 0.3) is 0 Å². The predicted octanol–water partition coefficient (Wildman–Crippen LogP) is 2.69. The highest BCUT2D eigenvalue weighted by atomic mass is 16.7. The molecule has 2 atom stereocenters. The van der Waals surface area contributed by atoms with E-state index in [1.54, 1.807) is 38.1 Å². The molecule has 3 heterocycles. The third kappa shape index (κ3) is 6.67. The van der Waals surface area contributed by atoms with Crippen LogP contribution in [0.4, 0.5) is 4.79 Å². The third-order valence-corrected chi connectivity index (χ3v) is 6.84. The number of alkyl carbamates (subject to hydrolysis) is 1. The van der Waals surface area contributed by atoms with Crippen LogP contribution in [-0.4, -0.2) is 76.0 Å². The van der Waals surface area contributed by atoms with Crippen molar-refractivity contribution in [1.82, 2.24) is 20.2 Å². The van der Waals surface area contributed by atoms with Crippen LogP contribution in [0.2, 0.25) is 0 Å². The van der Waals surface area contributed by atoms with Crippen molar-refractivity contribution in [3.63, 3.8) is 0 Å². The molecule has 2 fully saturated rings. The Morgan fingerprint density at radius 3 is 2.28 bits per heavy atom. The SMILES string of the molecule is CC(C)[C@H](NC(=O)OC(C)(C)C)C(=O)N1CCC[C@H]1COc1ncc(B2OC(C)(C)C(C)(C)O2)cn1. The highest BCUT2D eigenvalue weighted by Gasteiger charge is 2.52. The summed E-state index contributed by atoms with van der Waals surface area (Å²) in [6, 6.07) is -0.594. The summed E-state index contributed by atoms with van der Waals surface area (Å²) in [6.07, 6.45) is 4.34. The lowest BCUT2D eigenvalue weighted by Crippen LogP contribution is -2.54. The van der Waals surface area contributed by atoms with Crippen molar-refractivity contribution in [3.8, 4) is 6.01 Å². The Labute approximate surface area is 215 Å². The summed E-state index contributed by atoms with van der Waals surface area (Å²) < 4.78 is 23.3. The van der Waals surface area contributed by atoms with Gasteiger partial charge in [0.05, 0.1) is 17.2 Å². The van der Waals surface area contributed by atoms with Crippen LogP contribution in [0.25, 0.3) is 0 Å². The minimum Gasteiger partial charge on any atom is -0.461 e. The molecule has 3 rings (SSSR count). The molecule has 36 heavy (non-hydrogen) atoms. The normalized spacial score (nSPS) is 22.0. The number of nitrogens with one attached hydrogen (secondary N) is 1. The van der Waals surface area contributed by atoms with Crippen LogP contribution in [0.1, 0.15) is 75.2 Å². The van der Waals surface area contributed by atoms with E-state index in [0.717, 1.165) is 12.8 Å². The Balaban J connectivity index is 1.58. The van der Waals surface area contributed by atoms with E-state index in [1.807, 2.05) is 41.5 Å². The second-order valence-corrected chi connectivity index (χ2v) is 11.9. The molecule has 0 aliphatic carbocycles. The number of hydrogen-bond acceptors (Lipinski definition) is 8. The van der Waals surface area contributed by atoms with Gasteiger partial charge in [-0.3, -0.25) is 4.79 Å². The lowest BCUT2D eigenvalue weighted by Gasteiger charge is -2.32. The number of amides is 2. The van der Waals surface area contributed by atoms with Crippen LogP contribution in [0.15, 0.2) is 12.4 Å². The van der Waals surface area contributed by atoms with E-state index in [1.165, 1.54) is 0 Å². The van der Waals surface area contributed by atoms with Gasteiger partial charge >= 0.3 is 19.2 Å². The summed E-state index contributed by atoms with van der Waals surface area (Å²) in [6.45, 7) is 18.0. The Morgan fingerprint density at radius 1 is 1.17 bits per heavy atom. The molecule has 2 aliphatic rings. The Kier molecular flexibility index (Phi) is 8.25. The zero-order valence-corrected chi connectivity index (χ0v) is 23.1. The van der Waals surface area contributed by atoms with Gasteiger partial charge in [-0.15, -0.1) is 0 Å². The van der Waals surface area contributed by atoms with Crippen molar-refractivity contribution in [1.29, 1.82) is 0 Å². The molecule has 0 bridgehead atoms. The van der Waals surface area contributed by atoms with Crippen molar-refractivity contribution in [3.05, 3.63) is 12.4 Å². The van der Waals surface area contributed by atoms with Gasteiger partial charge in [0.1, 0.15) is 18.2 Å². The number of rotatable bonds is 7. The molecular weight excluding hydrogens is 463 g/mol. The zero-order valence-electron chi connectivity index (χ0n) is 23.1. The van der Waals surface area contributed by atoms with Crippen molar-refractivity contribution in [2.75, 3.05) is 13.2 Å². The number of likely N-dealkylation sites (tertiary alicyclic amines) is 1. The summed E-state index contributed by atoms with van der Waals surface area (Å²) in [5.74, 6) is -0.239. The summed E-state index contributed by atoms with van der Waals surface area (Å²) in [5.41, 5.74) is -0.822. The van der Waals surface area contributed by atoms with Gasteiger partial charge in [0.15, 0.2) is 0 Å². The van der Waals surface area contributed by atoms with Crippen LogP contribution in [0.5, 0.6) is 6.01 Å². The number of ether oxygens (including phenoxy) is 2. The number of aromatic nitrogens is 2. The van der Waals surface area contributed by atoms with Gasteiger partial charge < -0.3 is 29.0 Å². The van der Waals surface area contributed by atoms with Gasteiger partial charge in [-0.05, 0) is 67.2 Å². The van der Waals surface area contributed by atoms with Crippen molar-refractivity contribution in [2.24, 2.45) is 5.92 Å². The average Bonchev–Trinajstić information content (AvgIpc) is 3.30. The maximum absolute atomic E-state index is 13.3. The minimum absolute atomic E-state index is 0.0990. The third-order valence-electron chi connectivity index (χ3n) is 6.84. The summed E-state index contributed by atoms with van der Waals surface area (Å²) in [7, 11) is -0.544. The first kappa shape index (κ1) is 28.2. The van der Waals surface area contributed by atoms with Crippen LogP contribution >= 0.6 is 0 Å². The fourth-order valence-corrected chi connectivity index (χ4v) is 4.10. The maximum Gasteiger partial charge on any atom is 0.498 e. The van der Waals surface area contributed by atoms with Gasteiger partial charge in [-0.2, -0.15) is 0 Å². The van der Waals surface area contributed by atoms with E-state index in [2.05, 4.69) is 15.3 Å². The molecule has 2 saturated heterocycles. The molecule has 0 aromatic carbocycles. The van der Waals surface area contributed by atoms with Crippen molar-refractivity contribution >= 4 is 24.6 Å². The van der Waals surface area contributed by atoms with E-state index in [0.29, 0.717) is 12.0 Å². The standard InChI is InChI=1S/C25H41BN4O6/c1-16(2)19(29-22(32)34-23(3,4)5)20(31)30-12-10-11-18(30)15-33-21-27-13-17(14-28-21)26-35-24(6,7)25(8,9)36-26/h13-14,16,18-19H,10-12,15H2,1-9H3,(H,29,32)/t18-,19-/m0/s1. The first-order chi connectivity index (χ1) is 16.6. The number of hydrogen-bond donors (Lipinski definition) is 1. The lowest BCUT2D eigenvalue weighted by atomic mass is 9.81. The van der Waals surface area contributed by atoms with Gasteiger partial charge in [0.2, 0.25) is 5.91 Å².